The Balaban J connectivity index is 2.60. The van der Waals surface area contributed by atoms with Crippen molar-refractivity contribution in [3.05, 3.63) is 34.9 Å². The van der Waals surface area contributed by atoms with E-state index in [-0.39, 0.29) is 12.5 Å². The number of rotatable bonds is 6. The molecule has 4 nitrogen and oxygen atoms in total. The summed E-state index contributed by atoms with van der Waals surface area (Å²) in [5, 5.41) is 8.58. The number of nitrogens with zero attached hydrogens (tertiary/aromatic N) is 1. The summed E-state index contributed by atoms with van der Waals surface area (Å²) >= 11 is 0. The van der Waals surface area contributed by atoms with Gasteiger partial charge in [0.15, 0.2) is 0 Å². The zero-order valence-electron chi connectivity index (χ0n) is 11.3. The van der Waals surface area contributed by atoms with Gasteiger partial charge in [0.05, 0.1) is 19.8 Å². The van der Waals surface area contributed by atoms with E-state index in [1.807, 2.05) is 32.0 Å². The highest BCUT2D eigenvalue weighted by Gasteiger charge is 2.13. The molecule has 0 spiro atoms. The van der Waals surface area contributed by atoms with E-state index in [2.05, 4.69) is 0 Å². The van der Waals surface area contributed by atoms with Crippen LogP contribution in [0.1, 0.15) is 21.5 Å². The number of aryl methyl sites for hydroxylation is 2. The minimum absolute atomic E-state index is 0.00352. The summed E-state index contributed by atoms with van der Waals surface area (Å²) in [6.07, 6.45) is 0. The zero-order chi connectivity index (χ0) is 13.5. The molecular weight excluding hydrogens is 230 g/mol. The van der Waals surface area contributed by atoms with Crippen molar-refractivity contribution >= 4 is 5.91 Å². The van der Waals surface area contributed by atoms with Gasteiger partial charge in [-0.15, -0.1) is 0 Å². The molecule has 0 aliphatic carbocycles. The zero-order valence-corrected chi connectivity index (χ0v) is 11.3. The maximum atomic E-state index is 12.2. The van der Waals surface area contributed by atoms with E-state index >= 15 is 0 Å². The van der Waals surface area contributed by atoms with Gasteiger partial charge < -0.3 is 14.7 Å². The summed E-state index contributed by atoms with van der Waals surface area (Å²) in [4.78, 5) is 13.8. The van der Waals surface area contributed by atoms with Gasteiger partial charge in [-0.25, -0.2) is 0 Å². The predicted octanol–water partition coefficient (Wildman–Crippen LogP) is 1.38. The Morgan fingerprint density at radius 1 is 1.33 bits per heavy atom. The van der Waals surface area contributed by atoms with Crippen molar-refractivity contribution in [1.82, 2.24) is 4.90 Å². The number of carbonyl (C=O) groups excluding carboxylic acids is 1. The molecule has 0 unspecified atom stereocenters. The highest BCUT2D eigenvalue weighted by Crippen LogP contribution is 2.12. The highest BCUT2D eigenvalue weighted by atomic mass is 16.5. The van der Waals surface area contributed by atoms with Crippen LogP contribution in [0.15, 0.2) is 18.2 Å². The highest BCUT2D eigenvalue weighted by molar-refractivity contribution is 5.95. The lowest BCUT2D eigenvalue weighted by Gasteiger charge is -2.18. The normalized spacial score (nSPS) is 10.4. The molecule has 100 valence electrons. The summed E-state index contributed by atoms with van der Waals surface area (Å²) in [5.74, 6) is 0.00352. The number of hydrogen-bond acceptors (Lipinski definition) is 3. The molecule has 0 saturated heterocycles. The summed E-state index contributed by atoms with van der Waals surface area (Å²) in [7, 11) is 1.76. The number of amides is 1. The second-order valence-electron chi connectivity index (χ2n) is 4.38. The molecule has 0 atom stereocenters. The van der Waals surface area contributed by atoms with Crippen LogP contribution in [0.3, 0.4) is 0 Å². The molecule has 0 radical (unpaired) electrons. The topological polar surface area (TPSA) is 49.8 Å². The monoisotopic (exact) mass is 251 g/mol. The van der Waals surface area contributed by atoms with E-state index in [4.69, 9.17) is 9.84 Å². The number of benzene rings is 1. The molecule has 4 heteroatoms. The molecule has 18 heavy (non-hydrogen) atoms. The second kappa shape index (κ2) is 7.13. The molecular formula is C14H21NO3. The van der Waals surface area contributed by atoms with E-state index in [0.29, 0.717) is 19.8 Å². The third kappa shape index (κ3) is 4.13. The summed E-state index contributed by atoms with van der Waals surface area (Å²) < 4.78 is 5.15. The quantitative estimate of drug-likeness (QED) is 0.777. The van der Waals surface area contributed by atoms with Gasteiger partial charge in [-0.05, 0) is 25.5 Å². The fourth-order valence-electron chi connectivity index (χ4n) is 1.64. The molecule has 1 aromatic rings. The van der Waals surface area contributed by atoms with Gasteiger partial charge in [-0.2, -0.15) is 0 Å². The molecule has 0 aliphatic heterocycles. The summed E-state index contributed by atoms with van der Waals surface area (Å²) in [5.41, 5.74) is 2.79. The van der Waals surface area contributed by atoms with Crippen LogP contribution in [0.5, 0.6) is 0 Å². The first kappa shape index (κ1) is 14.7. The molecule has 1 aromatic carbocycles. The van der Waals surface area contributed by atoms with Gasteiger partial charge in [0.25, 0.3) is 5.91 Å². The van der Waals surface area contributed by atoms with Gasteiger partial charge in [0, 0.05) is 19.2 Å². The molecule has 1 N–H and O–H groups in total. The Bertz CT molecular complexity index is 404. The number of aliphatic hydroxyl groups is 1. The van der Waals surface area contributed by atoms with Crippen molar-refractivity contribution < 1.29 is 14.6 Å². The van der Waals surface area contributed by atoms with Crippen LogP contribution in [0.2, 0.25) is 0 Å². The lowest BCUT2D eigenvalue weighted by atomic mass is 10.0. The van der Waals surface area contributed by atoms with Crippen LogP contribution < -0.4 is 0 Å². The number of aliphatic hydroxyl groups excluding tert-OH is 1. The van der Waals surface area contributed by atoms with Crippen LogP contribution >= 0.6 is 0 Å². The minimum Gasteiger partial charge on any atom is -0.394 e. The van der Waals surface area contributed by atoms with Crippen LogP contribution in [0, 0.1) is 13.8 Å². The summed E-state index contributed by atoms with van der Waals surface area (Å²) in [6, 6.07) is 5.86. The minimum atomic E-state index is 0.00352. The fourth-order valence-corrected chi connectivity index (χ4v) is 1.64. The van der Waals surface area contributed by atoms with E-state index in [1.165, 1.54) is 0 Å². The van der Waals surface area contributed by atoms with Crippen LogP contribution in [0.25, 0.3) is 0 Å². The van der Waals surface area contributed by atoms with Gasteiger partial charge in [-0.3, -0.25) is 4.79 Å². The predicted molar refractivity (Wildman–Crippen MR) is 70.8 cm³/mol. The fraction of sp³-hybridized carbons (Fsp3) is 0.500. The average molecular weight is 251 g/mol. The van der Waals surface area contributed by atoms with Crippen LogP contribution in [-0.4, -0.2) is 49.3 Å². The van der Waals surface area contributed by atoms with E-state index in [1.54, 1.807) is 11.9 Å². The Morgan fingerprint density at radius 3 is 2.72 bits per heavy atom. The summed E-state index contributed by atoms with van der Waals surface area (Å²) in [6.45, 7) is 5.18. The molecule has 0 fully saturated rings. The van der Waals surface area contributed by atoms with Crippen molar-refractivity contribution in [3.8, 4) is 0 Å². The van der Waals surface area contributed by atoms with Crippen molar-refractivity contribution in [1.29, 1.82) is 0 Å². The average Bonchev–Trinajstić information content (AvgIpc) is 2.36. The van der Waals surface area contributed by atoms with E-state index in [9.17, 15) is 4.79 Å². The molecule has 0 heterocycles. The molecule has 0 saturated carbocycles. The number of hydrogen-bond donors (Lipinski definition) is 1. The van der Waals surface area contributed by atoms with Crippen molar-refractivity contribution in [3.63, 3.8) is 0 Å². The molecule has 0 aliphatic rings. The van der Waals surface area contributed by atoms with Gasteiger partial charge in [0.1, 0.15) is 0 Å². The standard InChI is InChI=1S/C14H21NO3/c1-11-4-5-12(2)13(10-11)14(17)15(3)6-8-18-9-7-16/h4-5,10,16H,6-9H2,1-3H3. The van der Waals surface area contributed by atoms with Crippen molar-refractivity contribution in [2.75, 3.05) is 33.4 Å². The Morgan fingerprint density at radius 2 is 2.06 bits per heavy atom. The van der Waals surface area contributed by atoms with E-state index in [0.717, 1.165) is 16.7 Å². The molecule has 1 amide bonds. The van der Waals surface area contributed by atoms with Crippen LogP contribution in [0.4, 0.5) is 0 Å². The second-order valence-corrected chi connectivity index (χ2v) is 4.38. The SMILES string of the molecule is Cc1ccc(C)c(C(=O)N(C)CCOCCO)c1. The molecule has 1 rings (SSSR count). The maximum Gasteiger partial charge on any atom is 0.253 e. The third-order valence-electron chi connectivity index (χ3n) is 2.78. The van der Waals surface area contributed by atoms with Gasteiger partial charge >= 0.3 is 0 Å². The first-order chi connectivity index (χ1) is 8.56. The lowest BCUT2D eigenvalue weighted by Crippen LogP contribution is -2.31. The van der Waals surface area contributed by atoms with Crippen molar-refractivity contribution in [2.45, 2.75) is 13.8 Å². The largest absolute Gasteiger partial charge is 0.394 e. The number of ether oxygens (including phenoxy) is 1. The number of carbonyl (C=O) groups is 1. The lowest BCUT2D eigenvalue weighted by molar-refractivity contribution is 0.0618. The first-order valence-electron chi connectivity index (χ1n) is 6.07. The third-order valence-corrected chi connectivity index (χ3v) is 2.78. The maximum absolute atomic E-state index is 12.2. The first-order valence-corrected chi connectivity index (χ1v) is 6.07. The van der Waals surface area contributed by atoms with Crippen LogP contribution in [-0.2, 0) is 4.74 Å². The number of likely N-dealkylation sites (N-methyl/N-ethyl adjacent to an activating group) is 1. The van der Waals surface area contributed by atoms with Gasteiger partial charge in [0.2, 0.25) is 0 Å². The Hall–Kier alpha value is -1.39. The Labute approximate surface area is 108 Å². The smallest absolute Gasteiger partial charge is 0.253 e. The Kier molecular flexibility index (Phi) is 5.82. The molecule has 0 aromatic heterocycles. The van der Waals surface area contributed by atoms with E-state index < -0.39 is 0 Å². The molecule has 0 bridgehead atoms. The van der Waals surface area contributed by atoms with Crippen molar-refractivity contribution in [2.24, 2.45) is 0 Å². The van der Waals surface area contributed by atoms with Gasteiger partial charge in [-0.1, -0.05) is 17.7 Å².